The number of quaternary nitrogens is 2. The van der Waals surface area contributed by atoms with Crippen LogP contribution in [0.4, 0.5) is 8.63 Å². The maximum Gasteiger partial charge on any atom is 0.737 e. The van der Waals surface area contributed by atoms with Crippen molar-refractivity contribution >= 4 is 93.8 Å². The molecule has 2 unspecified atom stereocenters. The van der Waals surface area contributed by atoms with Gasteiger partial charge in [0, 0.05) is 97.3 Å². The van der Waals surface area contributed by atoms with Gasteiger partial charge in [0.1, 0.15) is 17.8 Å². The van der Waals surface area contributed by atoms with Gasteiger partial charge < -0.3 is 57.0 Å². The number of nitrogens with zero attached hydrogens (tertiary/aromatic N) is 6. The molecule has 1 saturated heterocycles. The number of halogens is 2. The van der Waals surface area contributed by atoms with Gasteiger partial charge in [0.2, 0.25) is 17.7 Å². The van der Waals surface area contributed by atoms with Crippen LogP contribution in [0.5, 0.6) is 5.75 Å². The molecule has 2 aromatic heterocycles. The highest BCUT2D eigenvalue weighted by atomic mass is 32.2. The number of rotatable bonds is 39. The average molecular weight is 1290 g/mol. The zero-order valence-electron chi connectivity index (χ0n) is 51.4. The topological polar surface area (TPSA) is 264 Å². The summed E-state index contributed by atoms with van der Waals surface area (Å²) in [5, 5.41) is 23.3. The van der Waals surface area contributed by atoms with Crippen molar-refractivity contribution in [2.75, 3.05) is 100 Å². The minimum absolute atomic E-state index is 0.0256. The number of fused-ring (bicyclic) bond motifs is 2. The number of hydroxylamine groups is 2. The molecular formula is C59H86BF2N9O14S3+2. The van der Waals surface area contributed by atoms with Crippen molar-refractivity contribution in [3.8, 4) is 16.3 Å². The molecule has 2 atom stereocenters. The Balaban J connectivity index is 1.03. The van der Waals surface area contributed by atoms with Gasteiger partial charge in [-0.2, -0.15) is 8.42 Å². The number of amides is 5. The number of carbonyl (C=O) groups excluding carboxylic acids is 6. The largest absolute Gasteiger partial charge is 0.737 e. The first-order valence-corrected chi connectivity index (χ1v) is 33.1. The molecule has 29 heteroatoms. The molecule has 1 aromatic carbocycles. The summed E-state index contributed by atoms with van der Waals surface area (Å²) in [6.45, 7) is -1.27. The van der Waals surface area contributed by atoms with E-state index in [9.17, 15) is 41.7 Å². The Morgan fingerprint density at radius 1 is 0.852 bits per heavy atom. The highest BCUT2D eigenvalue weighted by molar-refractivity contribution is 7.94. The van der Waals surface area contributed by atoms with E-state index in [4.69, 9.17) is 14.8 Å². The van der Waals surface area contributed by atoms with E-state index in [2.05, 4.69) is 67.6 Å². The summed E-state index contributed by atoms with van der Waals surface area (Å²) in [7, 11) is 10.0. The number of ether oxygens (including phenoxy) is 1. The summed E-state index contributed by atoms with van der Waals surface area (Å²) in [5.41, 5.74) is 3.31. The van der Waals surface area contributed by atoms with E-state index in [0.717, 1.165) is 51.4 Å². The second-order valence-corrected chi connectivity index (χ2v) is 27.5. The Bertz CT molecular complexity index is 3130. The Morgan fingerprint density at radius 3 is 2.24 bits per heavy atom. The smallest absolute Gasteiger partial charge is 0.494 e. The van der Waals surface area contributed by atoms with Crippen LogP contribution in [0, 0.1) is 0 Å². The first-order valence-electron chi connectivity index (χ1n) is 29.7. The minimum Gasteiger partial charge on any atom is -0.494 e. The molecule has 5 amide bonds. The number of aromatic nitrogens is 1. The molecule has 88 heavy (non-hydrogen) atoms. The minimum atomic E-state index is -4.47. The predicted octanol–water partition coefficient (Wildman–Crippen LogP) is 6.50. The van der Waals surface area contributed by atoms with Crippen LogP contribution in [0.15, 0.2) is 71.3 Å². The van der Waals surface area contributed by atoms with Gasteiger partial charge in [-0.25, -0.2) is 10.1 Å². The molecule has 0 aliphatic carbocycles. The average Bonchev–Trinajstić information content (AvgIpc) is 1.67. The number of thiophene rings is 1. The number of benzene rings is 1. The lowest BCUT2D eigenvalue weighted by molar-refractivity contribution is -0.870. The third-order valence-electron chi connectivity index (χ3n) is 14.9. The van der Waals surface area contributed by atoms with E-state index in [-0.39, 0.29) is 75.3 Å². The lowest BCUT2D eigenvalue weighted by atomic mass is 9.88. The number of hydrogen-bond acceptors (Lipinski definition) is 16. The fourth-order valence-corrected chi connectivity index (χ4v) is 12.1. The first-order chi connectivity index (χ1) is 41.6. The second kappa shape index (κ2) is 33.1. The molecule has 0 radical (unpaired) electrons. The van der Waals surface area contributed by atoms with Gasteiger partial charge >= 0.3 is 12.9 Å². The molecule has 0 saturated carbocycles. The number of imide groups is 1. The SMILES string of the molecule is CN(CCCCCC(=O)ON1C(=O)CCC1=O)CCNC(=O)C(CCCC[N+](C)(C)C)NC(=O)C(CSOOO)NC(=O)CCCOc1ccc(/C=C/C2=[N+]3C(=Cc4c(CCC[N+](C)(C)C)cc(-c5cccs5)n4[B-]3(F)F)C(CCCS(=O)(=O)O)=C2)cc1. The molecule has 0 bridgehead atoms. The number of nitrogens with one attached hydrogen (secondary N) is 3. The van der Waals surface area contributed by atoms with Gasteiger partial charge in [0.15, 0.2) is 11.4 Å². The van der Waals surface area contributed by atoms with Crippen LogP contribution in [-0.2, 0) is 59.5 Å². The number of unbranched alkanes of at least 4 members (excludes halogenated alkanes) is 3. The van der Waals surface area contributed by atoms with Gasteiger partial charge in [-0.3, -0.25) is 28.5 Å². The molecular weight excluding hydrogens is 1200 g/mol. The van der Waals surface area contributed by atoms with Crippen molar-refractivity contribution < 1.29 is 88.0 Å². The number of allylic oxidation sites excluding steroid dienone is 3. The van der Waals surface area contributed by atoms with E-state index in [0.29, 0.717) is 99.9 Å². The van der Waals surface area contributed by atoms with Crippen LogP contribution in [0.1, 0.15) is 107 Å². The molecule has 1 fully saturated rings. The van der Waals surface area contributed by atoms with Crippen molar-refractivity contribution in [2.45, 2.75) is 108 Å². The Labute approximate surface area is 522 Å². The normalized spacial score (nSPS) is 15.8. The standard InChI is InChI=1S/C59H84BF2N9O14S3/c1-66(32-11-8-9-22-57(75)83-69-55(73)29-30-56(69)74)33-31-63-58(76)48(19-10-12-34-70(2,3)4)65-59(77)49(42-87-85-84-78)64-54(72)21-14-36-82-47-27-24-43(25-28-47)23-26-46-39-44(18-16-38-88(79,80)81)50-41-51-45(17-13-35-71(5,6)7)40-52(53-20-15-37-86-53)68(51)60(61,62)67(46)50/h15,20,23-28,37,39-41,48-49H,8-14,16-19,21-22,29-36,38,42H2,1-7H3,(H3-2,63,64,65,72,76,77,78,79,80,81)/p+2/b26-23+. The number of hydrogen-bond donors (Lipinski definition) is 5. The first kappa shape index (κ1) is 70.9. The Hall–Kier alpha value is -6.15. The summed E-state index contributed by atoms with van der Waals surface area (Å²) >= 11 is 1.95. The van der Waals surface area contributed by atoms with E-state index >= 15 is 8.63 Å². The van der Waals surface area contributed by atoms with Crippen LogP contribution in [0.2, 0.25) is 0 Å². The van der Waals surface area contributed by atoms with Gasteiger partial charge in [-0.1, -0.05) is 29.7 Å². The Kier molecular flexibility index (Phi) is 26.7. The third kappa shape index (κ3) is 22.4. The van der Waals surface area contributed by atoms with E-state index < -0.39 is 70.4 Å². The monoisotopic (exact) mass is 1290 g/mol. The predicted molar refractivity (Wildman–Crippen MR) is 334 cm³/mol. The summed E-state index contributed by atoms with van der Waals surface area (Å²) in [5.74, 6) is -3.50. The quantitative estimate of drug-likeness (QED) is 0.00597. The summed E-state index contributed by atoms with van der Waals surface area (Å²) in [6.07, 6.45) is 12.2. The molecule has 484 valence electrons. The molecule has 23 nitrogen and oxygen atoms in total. The molecule has 3 aliphatic rings. The van der Waals surface area contributed by atoms with Crippen LogP contribution in [0.25, 0.3) is 22.7 Å². The maximum atomic E-state index is 17.5. The summed E-state index contributed by atoms with van der Waals surface area (Å²) < 4.78 is 82.0. The fraction of sp³-hybridized carbons (Fsp3) is 0.542. The van der Waals surface area contributed by atoms with Crippen molar-refractivity contribution in [2.24, 2.45) is 0 Å². The van der Waals surface area contributed by atoms with Crippen molar-refractivity contribution in [3.63, 3.8) is 0 Å². The van der Waals surface area contributed by atoms with Gasteiger partial charge in [-0.15, -0.1) is 20.7 Å². The van der Waals surface area contributed by atoms with Crippen molar-refractivity contribution in [1.29, 1.82) is 0 Å². The van der Waals surface area contributed by atoms with E-state index in [1.54, 1.807) is 48.6 Å². The Morgan fingerprint density at radius 2 is 1.57 bits per heavy atom. The molecule has 6 rings (SSSR count). The maximum absolute atomic E-state index is 17.5. The fourth-order valence-electron chi connectivity index (χ4n) is 10.4. The van der Waals surface area contributed by atoms with E-state index in [1.807, 2.05) is 35.5 Å². The molecule has 5 heterocycles. The lowest BCUT2D eigenvalue weighted by Crippen LogP contribution is -2.55. The van der Waals surface area contributed by atoms with Crippen molar-refractivity contribution in [1.82, 2.24) is 30.4 Å². The second-order valence-electron chi connectivity index (χ2n) is 24.3. The zero-order chi connectivity index (χ0) is 64.2. The van der Waals surface area contributed by atoms with Crippen LogP contribution in [-0.4, -0.2) is 207 Å². The van der Waals surface area contributed by atoms with Crippen LogP contribution < -0.4 is 20.7 Å². The van der Waals surface area contributed by atoms with Crippen LogP contribution >= 0.6 is 23.4 Å². The number of likely N-dealkylation sites (N-methyl/N-ethyl adjacent to an activating group) is 1. The molecule has 0 spiro atoms. The molecule has 5 N–H and O–H groups in total. The zero-order valence-corrected chi connectivity index (χ0v) is 53.8. The highest BCUT2D eigenvalue weighted by Crippen LogP contribution is 2.42. The molecule has 3 aliphatic heterocycles. The number of aryl methyl sites for hydroxylation is 1. The highest BCUT2D eigenvalue weighted by Gasteiger charge is 2.54. The van der Waals surface area contributed by atoms with E-state index in [1.165, 1.54) is 11.3 Å². The molecule has 3 aromatic rings. The van der Waals surface area contributed by atoms with Gasteiger partial charge in [0.05, 0.1) is 73.5 Å². The van der Waals surface area contributed by atoms with Crippen LogP contribution in [0.3, 0.4) is 0 Å². The third-order valence-corrected chi connectivity index (χ3v) is 17.2. The number of carbonyl (C=O) groups is 6. The van der Waals surface area contributed by atoms with Gasteiger partial charge in [0.25, 0.3) is 21.9 Å². The van der Waals surface area contributed by atoms with Gasteiger partial charge in [-0.05, 0) is 118 Å². The lowest BCUT2D eigenvalue weighted by Gasteiger charge is -2.31. The summed E-state index contributed by atoms with van der Waals surface area (Å²) in [6, 6.07) is 10.3. The van der Waals surface area contributed by atoms with Crippen molar-refractivity contribution in [3.05, 3.63) is 88.1 Å². The summed E-state index contributed by atoms with van der Waals surface area (Å²) in [4.78, 5) is 84.0.